The Labute approximate surface area is 201 Å². The highest BCUT2D eigenvalue weighted by Crippen LogP contribution is 2.22. The summed E-state index contributed by atoms with van der Waals surface area (Å²) in [4.78, 5) is 24.8. The van der Waals surface area contributed by atoms with E-state index in [1.165, 1.54) is 0 Å². The monoisotopic (exact) mass is 466 g/mol. The van der Waals surface area contributed by atoms with Crippen LogP contribution in [-0.4, -0.2) is 21.6 Å². The Balaban J connectivity index is 1.16. The standard InChI is InChI=1S/C27H22N4O4/c1-31-15-14-24(30-31)26(32)28-20-7-9-21(10-8-20)29-27(33)25-13-12-23(35-25)17-34-22-11-6-18-4-2-3-5-19(18)16-22/h2-16H,17H2,1H3,(H,28,32)(H,29,33). The molecule has 5 aromatic rings. The Morgan fingerprint density at radius 2 is 1.57 bits per heavy atom. The van der Waals surface area contributed by atoms with Gasteiger partial charge in [-0.3, -0.25) is 14.3 Å². The van der Waals surface area contributed by atoms with Gasteiger partial charge in [0.05, 0.1) is 0 Å². The van der Waals surface area contributed by atoms with Crippen molar-refractivity contribution in [3.63, 3.8) is 0 Å². The molecule has 0 fully saturated rings. The molecule has 2 N–H and O–H groups in total. The van der Waals surface area contributed by atoms with Crippen molar-refractivity contribution in [3.8, 4) is 5.75 Å². The first-order valence-electron chi connectivity index (χ1n) is 11.0. The van der Waals surface area contributed by atoms with Gasteiger partial charge in [0, 0.05) is 24.6 Å². The highest BCUT2D eigenvalue weighted by Gasteiger charge is 2.13. The second-order valence-electron chi connectivity index (χ2n) is 7.92. The molecule has 0 saturated heterocycles. The fourth-order valence-electron chi connectivity index (χ4n) is 3.55. The van der Waals surface area contributed by atoms with Crippen LogP contribution in [0.1, 0.15) is 26.8 Å². The minimum atomic E-state index is -0.382. The first-order valence-corrected chi connectivity index (χ1v) is 11.0. The van der Waals surface area contributed by atoms with Gasteiger partial charge in [-0.1, -0.05) is 30.3 Å². The fraction of sp³-hybridized carbons (Fsp3) is 0.0741. The third kappa shape index (κ3) is 5.22. The van der Waals surface area contributed by atoms with Gasteiger partial charge in [-0.15, -0.1) is 0 Å². The number of nitrogens with one attached hydrogen (secondary N) is 2. The van der Waals surface area contributed by atoms with Crippen LogP contribution in [0.25, 0.3) is 10.8 Å². The number of ether oxygens (including phenoxy) is 1. The molecule has 2 heterocycles. The van der Waals surface area contributed by atoms with Gasteiger partial charge in [0.25, 0.3) is 11.8 Å². The number of furan rings is 1. The zero-order valence-corrected chi connectivity index (χ0v) is 18.9. The van der Waals surface area contributed by atoms with Crippen molar-refractivity contribution in [2.24, 2.45) is 7.05 Å². The number of fused-ring (bicyclic) bond motifs is 1. The average Bonchev–Trinajstić information content (AvgIpc) is 3.53. The van der Waals surface area contributed by atoms with Crippen LogP contribution in [0, 0.1) is 0 Å². The SMILES string of the molecule is Cn1ccc(C(=O)Nc2ccc(NC(=O)c3ccc(COc4ccc5ccccc5c4)o3)cc2)n1. The number of rotatable bonds is 7. The Kier molecular flexibility index (Phi) is 6.00. The van der Waals surface area contributed by atoms with Gasteiger partial charge >= 0.3 is 0 Å². The second kappa shape index (κ2) is 9.56. The topological polar surface area (TPSA) is 98.4 Å². The molecule has 0 aliphatic heterocycles. The number of benzene rings is 3. The second-order valence-corrected chi connectivity index (χ2v) is 7.92. The lowest BCUT2D eigenvalue weighted by Gasteiger charge is -2.07. The van der Waals surface area contributed by atoms with Crippen LogP contribution in [-0.2, 0) is 13.7 Å². The number of aryl methyl sites for hydroxylation is 1. The van der Waals surface area contributed by atoms with Crippen LogP contribution in [0.4, 0.5) is 11.4 Å². The van der Waals surface area contributed by atoms with Crippen molar-refractivity contribution >= 4 is 34.0 Å². The largest absolute Gasteiger partial charge is 0.486 e. The molecule has 35 heavy (non-hydrogen) atoms. The van der Waals surface area contributed by atoms with Gasteiger partial charge in [-0.25, -0.2) is 0 Å². The summed E-state index contributed by atoms with van der Waals surface area (Å²) in [7, 11) is 1.74. The van der Waals surface area contributed by atoms with Crippen molar-refractivity contribution in [1.29, 1.82) is 0 Å². The molecule has 0 atom stereocenters. The predicted molar refractivity (Wildman–Crippen MR) is 133 cm³/mol. The number of hydrogen-bond acceptors (Lipinski definition) is 5. The molecule has 2 amide bonds. The summed E-state index contributed by atoms with van der Waals surface area (Å²) in [6.07, 6.45) is 1.70. The maximum atomic E-state index is 12.6. The number of aromatic nitrogens is 2. The highest BCUT2D eigenvalue weighted by molar-refractivity contribution is 6.04. The molecule has 8 heteroatoms. The molecule has 0 spiro atoms. The molecule has 0 unspecified atom stereocenters. The third-order valence-corrected chi connectivity index (χ3v) is 5.33. The molecular weight excluding hydrogens is 444 g/mol. The summed E-state index contributed by atoms with van der Waals surface area (Å²) in [5.74, 6) is 0.746. The van der Waals surface area contributed by atoms with E-state index in [-0.39, 0.29) is 24.2 Å². The van der Waals surface area contributed by atoms with Crippen molar-refractivity contribution in [2.45, 2.75) is 6.61 Å². The van der Waals surface area contributed by atoms with Crippen LogP contribution < -0.4 is 15.4 Å². The number of anilines is 2. The molecule has 0 radical (unpaired) electrons. The van der Waals surface area contributed by atoms with E-state index in [1.807, 2.05) is 42.5 Å². The van der Waals surface area contributed by atoms with E-state index in [2.05, 4.69) is 15.7 Å². The Hall–Kier alpha value is -4.85. The molecule has 0 aliphatic carbocycles. The van der Waals surface area contributed by atoms with E-state index >= 15 is 0 Å². The van der Waals surface area contributed by atoms with Gasteiger partial charge in [-0.2, -0.15) is 5.10 Å². The summed E-state index contributed by atoms with van der Waals surface area (Å²) < 4.78 is 13.0. The van der Waals surface area contributed by atoms with Crippen molar-refractivity contribution in [3.05, 3.63) is 108 Å². The lowest BCUT2D eigenvalue weighted by Crippen LogP contribution is -2.13. The van der Waals surface area contributed by atoms with Crippen molar-refractivity contribution < 1.29 is 18.7 Å². The van der Waals surface area contributed by atoms with Gasteiger partial charge < -0.3 is 19.8 Å². The van der Waals surface area contributed by atoms with E-state index in [0.717, 1.165) is 16.5 Å². The van der Waals surface area contributed by atoms with Crippen LogP contribution in [0.3, 0.4) is 0 Å². The number of nitrogens with zero attached hydrogens (tertiary/aromatic N) is 2. The molecule has 0 bridgehead atoms. The summed E-state index contributed by atoms with van der Waals surface area (Å²) in [6, 6.07) is 25.7. The quantitative estimate of drug-likeness (QED) is 0.341. The highest BCUT2D eigenvalue weighted by atomic mass is 16.5. The normalized spacial score (nSPS) is 10.8. The van der Waals surface area contributed by atoms with Crippen LogP contribution in [0.5, 0.6) is 5.75 Å². The molecule has 8 nitrogen and oxygen atoms in total. The summed E-state index contributed by atoms with van der Waals surface area (Å²) >= 11 is 0. The summed E-state index contributed by atoms with van der Waals surface area (Å²) in [5.41, 5.74) is 1.48. The van der Waals surface area contributed by atoms with E-state index in [0.29, 0.717) is 22.8 Å². The zero-order chi connectivity index (χ0) is 24.2. The molecule has 2 aromatic heterocycles. The van der Waals surface area contributed by atoms with Crippen LogP contribution in [0.2, 0.25) is 0 Å². The minimum absolute atomic E-state index is 0.176. The van der Waals surface area contributed by atoms with Crippen LogP contribution >= 0.6 is 0 Å². The lowest BCUT2D eigenvalue weighted by atomic mass is 10.1. The number of carbonyl (C=O) groups excluding carboxylic acids is 2. The minimum Gasteiger partial charge on any atom is -0.486 e. The number of hydrogen-bond donors (Lipinski definition) is 2. The van der Waals surface area contributed by atoms with Gasteiger partial charge in [0.15, 0.2) is 11.5 Å². The van der Waals surface area contributed by atoms with Gasteiger partial charge in [-0.05, 0) is 65.4 Å². The van der Waals surface area contributed by atoms with Crippen LogP contribution in [0.15, 0.2) is 95.5 Å². The molecule has 0 aliphatic rings. The maximum absolute atomic E-state index is 12.6. The molecule has 3 aromatic carbocycles. The molecule has 174 valence electrons. The molecule has 5 rings (SSSR count). The Morgan fingerprint density at radius 3 is 2.29 bits per heavy atom. The van der Waals surface area contributed by atoms with Crippen molar-refractivity contribution in [2.75, 3.05) is 10.6 Å². The predicted octanol–water partition coefficient (Wildman–Crippen LogP) is 5.25. The van der Waals surface area contributed by atoms with E-state index in [1.54, 1.807) is 60.4 Å². The molecule has 0 saturated carbocycles. The third-order valence-electron chi connectivity index (χ3n) is 5.33. The first-order chi connectivity index (χ1) is 17.0. The summed E-state index contributed by atoms with van der Waals surface area (Å²) in [5, 5.41) is 11.8. The van der Waals surface area contributed by atoms with E-state index in [9.17, 15) is 9.59 Å². The first kappa shape index (κ1) is 22.0. The lowest BCUT2D eigenvalue weighted by molar-refractivity contribution is 0.0990. The Morgan fingerprint density at radius 1 is 0.857 bits per heavy atom. The van der Waals surface area contributed by atoms with Gasteiger partial charge in [0.2, 0.25) is 0 Å². The van der Waals surface area contributed by atoms with Crippen molar-refractivity contribution in [1.82, 2.24) is 9.78 Å². The maximum Gasteiger partial charge on any atom is 0.291 e. The summed E-state index contributed by atoms with van der Waals surface area (Å²) in [6.45, 7) is 0.205. The zero-order valence-electron chi connectivity index (χ0n) is 18.9. The average molecular weight is 466 g/mol. The van der Waals surface area contributed by atoms with E-state index in [4.69, 9.17) is 9.15 Å². The number of carbonyl (C=O) groups is 2. The Bertz CT molecular complexity index is 1500. The fourth-order valence-corrected chi connectivity index (χ4v) is 3.55. The van der Waals surface area contributed by atoms with Gasteiger partial charge in [0.1, 0.15) is 18.1 Å². The van der Waals surface area contributed by atoms with E-state index < -0.39 is 0 Å². The smallest absolute Gasteiger partial charge is 0.291 e. The molecular formula is C27H22N4O4. The number of amides is 2.